The highest BCUT2D eigenvalue weighted by Gasteiger charge is 2.20. The molecular formula is C21H24ClN3O3S. The molecule has 0 aliphatic rings. The third kappa shape index (κ3) is 5.82. The van der Waals surface area contributed by atoms with Gasteiger partial charge in [0.25, 0.3) is 5.91 Å². The average molecular weight is 434 g/mol. The van der Waals surface area contributed by atoms with Crippen molar-refractivity contribution in [2.75, 3.05) is 45.8 Å². The van der Waals surface area contributed by atoms with Crippen LogP contribution in [0.5, 0.6) is 11.5 Å². The summed E-state index contributed by atoms with van der Waals surface area (Å²) < 4.78 is 11.9. The van der Waals surface area contributed by atoms with Crippen LogP contribution in [0.2, 0.25) is 5.02 Å². The van der Waals surface area contributed by atoms with Gasteiger partial charge in [-0.1, -0.05) is 22.9 Å². The molecule has 0 unspecified atom stereocenters. The Balaban J connectivity index is 1.77. The number of benzene rings is 2. The van der Waals surface area contributed by atoms with Gasteiger partial charge in [-0.25, -0.2) is 4.98 Å². The Hall–Kier alpha value is -2.35. The van der Waals surface area contributed by atoms with E-state index in [1.165, 1.54) is 11.3 Å². The van der Waals surface area contributed by atoms with Crippen molar-refractivity contribution in [3.63, 3.8) is 0 Å². The number of carbonyl (C=O) groups is 1. The van der Waals surface area contributed by atoms with Gasteiger partial charge in [0.15, 0.2) is 11.7 Å². The molecule has 1 aromatic heterocycles. The van der Waals surface area contributed by atoms with E-state index in [-0.39, 0.29) is 12.5 Å². The Morgan fingerprint density at radius 2 is 1.83 bits per heavy atom. The van der Waals surface area contributed by atoms with Crippen LogP contribution in [-0.4, -0.2) is 56.7 Å². The number of methoxy groups -OCH3 is 1. The largest absolute Gasteiger partial charge is 0.497 e. The van der Waals surface area contributed by atoms with Crippen molar-refractivity contribution in [1.82, 2.24) is 9.88 Å². The fourth-order valence-corrected chi connectivity index (χ4v) is 3.92. The summed E-state index contributed by atoms with van der Waals surface area (Å²) in [4.78, 5) is 21.4. The smallest absolute Gasteiger partial charge is 0.266 e. The number of ether oxygens (including phenoxy) is 2. The summed E-state index contributed by atoms with van der Waals surface area (Å²) in [5.74, 6) is 1.24. The minimum absolute atomic E-state index is 0.0666. The zero-order valence-corrected chi connectivity index (χ0v) is 18.3. The number of halogens is 1. The lowest BCUT2D eigenvalue weighted by atomic mass is 10.3. The number of anilines is 1. The molecule has 0 spiro atoms. The third-order valence-electron chi connectivity index (χ3n) is 4.28. The van der Waals surface area contributed by atoms with E-state index in [1.54, 1.807) is 36.3 Å². The van der Waals surface area contributed by atoms with Gasteiger partial charge in [-0.2, -0.15) is 0 Å². The maximum absolute atomic E-state index is 13.0. The van der Waals surface area contributed by atoms with Crippen LogP contribution < -0.4 is 14.4 Å². The first-order valence-corrected chi connectivity index (χ1v) is 10.4. The summed E-state index contributed by atoms with van der Waals surface area (Å²) in [6.45, 7) is 1.38. The molecule has 3 rings (SSSR count). The zero-order chi connectivity index (χ0) is 20.8. The number of nitrogens with zero attached hydrogens (tertiary/aromatic N) is 3. The molecule has 6 nitrogen and oxygen atoms in total. The van der Waals surface area contributed by atoms with E-state index < -0.39 is 0 Å². The van der Waals surface area contributed by atoms with Crippen molar-refractivity contribution in [3.05, 3.63) is 47.5 Å². The average Bonchev–Trinajstić information content (AvgIpc) is 3.13. The second-order valence-electron chi connectivity index (χ2n) is 6.77. The number of hydrogen-bond donors (Lipinski definition) is 0. The van der Waals surface area contributed by atoms with Gasteiger partial charge in [0.2, 0.25) is 0 Å². The summed E-state index contributed by atoms with van der Waals surface area (Å²) in [6.07, 6.45) is 0.832. The zero-order valence-electron chi connectivity index (χ0n) is 16.7. The van der Waals surface area contributed by atoms with Crippen LogP contribution in [-0.2, 0) is 4.79 Å². The summed E-state index contributed by atoms with van der Waals surface area (Å²) >= 11 is 7.37. The molecule has 0 radical (unpaired) electrons. The Morgan fingerprint density at radius 3 is 2.52 bits per heavy atom. The molecule has 0 atom stereocenters. The number of thiazole rings is 1. The standard InChI is InChI=1S/C21H24ClN3O3S/c1-24(2)11-4-12-25(20(26)14-28-16-7-5-15(22)6-8-16)21-23-18-10-9-17(27-3)13-19(18)29-21/h5-10,13H,4,11-12,14H2,1-3H3. The number of carbonyl (C=O) groups excluding carboxylic acids is 1. The molecule has 2 aromatic carbocycles. The number of hydrogen-bond acceptors (Lipinski definition) is 6. The number of aromatic nitrogens is 1. The predicted molar refractivity (Wildman–Crippen MR) is 119 cm³/mol. The van der Waals surface area contributed by atoms with Gasteiger partial charge in [-0.05, 0) is 69.5 Å². The normalized spacial score (nSPS) is 11.1. The fourth-order valence-electron chi connectivity index (χ4n) is 2.76. The Labute approximate surface area is 179 Å². The SMILES string of the molecule is COc1ccc2nc(N(CCCN(C)C)C(=O)COc3ccc(Cl)cc3)sc2c1. The van der Waals surface area contributed by atoms with E-state index >= 15 is 0 Å². The maximum atomic E-state index is 13.0. The van der Waals surface area contributed by atoms with E-state index in [9.17, 15) is 4.79 Å². The Kier molecular flexibility index (Phi) is 7.30. The van der Waals surface area contributed by atoms with Crippen molar-refractivity contribution in [2.45, 2.75) is 6.42 Å². The van der Waals surface area contributed by atoms with E-state index in [1.807, 2.05) is 32.3 Å². The molecule has 0 aliphatic carbocycles. The van der Waals surface area contributed by atoms with Crippen LogP contribution in [0.15, 0.2) is 42.5 Å². The van der Waals surface area contributed by atoms with Crippen LogP contribution in [0.25, 0.3) is 10.2 Å². The molecule has 0 saturated heterocycles. The summed E-state index contributed by atoms with van der Waals surface area (Å²) in [5.41, 5.74) is 0.842. The van der Waals surface area contributed by atoms with Gasteiger partial charge in [0, 0.05) is 11.6 Å². The molecule has 0 aliphatic heterocycles. The molecule has 29 heavy (non-hydrogen) atoms. The molecule has 0 fully saturated rings. The molecule has 3 aromatic rings. The van der Waals surface area contributed by atoms with Crippen molar-refractivity contribution in [3.8, 4) is 11.5 Å². The lowest BCUT2D eigenvalue weighted by Crippen LogP contribution is -2.36. The van der Waals surface area contributed by atoms with Gasteiger partial charge in [-0.3, -0.25) is 9.69 Å². The summed E-state index contributed by atoms with van der Waals surface area (Å²) in [5, 5.41) is 1.29. The molecule has 0 saturated carbocycles. The second kappa shape index (κ2) is 9.91. The second-order valence-corrected chi connectivity index (χ2v) is 8.22. The highest BCUT2D eigenvalue weighted by molar-refractivity contribution is 7.22. The molecule has 0 bridgehead atoms. The number of amides is 1. The van der Waals surface area contributed by atoms with Crippen molar-refractivity contribution < 1.29 is 14.3 Å². The fraction of sp³-hybridized carbons (Fsp3) is 0.333. The Bertz CT molecular complexity index is 959. The van der Waals surface area contributed by atoms with Gasteiger partial charge < -0.3 is 14.4 Å². The predicted octanol–water partition coefficient (Wildman–Crippen LogP) is 4.32. The van der Waals surface area contributed by atoms with Crippen LogP contribution in [0.1, 0.15) is 6.42 Å². The highest BCUT2D eigenvalue weighted by Crippen LogP contribution is 2.31. The summed E-state index contributed by atoms with van der Waals surface area (Å²) in [6, 6.07) is 12.7. The summed E-state index contributed by atoms with van der Waals surface area (Å²) in [7, 11) is 5.66. The molecule has 0 N–H and O–H groups in total. The van der Waals surface area contributed by atoms with Gasteiger partial charge in [0.05, 0.1) is 17.3 Å². The minimum atomic E-state index is -0.135. The first-order chi connectivity index (χ1) is 14.0. The lowest BCUT2D eigenvalue weighted by Gasteiger charge is -2.21. The van der Waals surface area contributed by atoms with Crippen LogP contribution in [0, 0.1) is 0 Å². The van der Waals surface area contributed by atoms with Crippen LogP contribution in [0.4, 0.5) is 5.13 Å². The molecule has 1 heterocycles. The molecule has 154 valence electrons. The quantitative estimate of drug-likeness (QED) is 0.503. The van der Waals surface area contributed by atoms with Gasteiger partial charge >= 0.3 is 0 Å². The van der Waals surface area contributed by atoms with Crippen LogP contribution in [0.3, 0.4) is 0 Å². The first kappa shape index (κ1) is 21.4. The first-order valence-electron chi connectivity index (χ1n) is 9.24. The maximum Gasteiger partial charge on any atom is 0.266 e. The Morgan fingerprint density at radius 1 is 1.10 bits per heavy atom. The van der Waals surface area contributed by atoms with Crippen molar-refractivity contribution >= 4 is 44.2 Å². The monoisotopic (exact) mass is 433 g/mol. The number of fused-ring (bicyclic) bond motifs is 1. The van der Waals surface area contributed by atoms with E-state index in [2.05, 4.69) is 9.88 Å². The molecule has 1 amide bonds. The van der Waals surface area contributed by atoms with Crippen molar-refractivity contribution in [2.24, 2.45) is 0 Å². The number of rotatable bonds is 9. The van der Waals surface area contributed by atoms with E-state index in [4.69, 9.17) is 21.1 Å². The van der Waals surface area contributed by atoms with Crippen LogP contribution >= 0.6 is 22.9 Å². The van der Waals surface area contributed by atoms with E-state index in [0.717, 1.165) is 28.9 Å². The lowest BCUT2D eigenvalue weighted by molar-refractivity contribution is -0.120. The molecule has 8 heteroatoms. The molecular weight excluding hydrogens is 410 g/mol. The highest BCUT2D eigenvalue weighted by atomic mass is 35.5. The topological polar surface area (TPSA) is 54.9 Å². The van der Waals surface area contributed by atoms with Gasteiger partial charge in [-0.15, -0.1) is 0 Å². The van der Waals surface area contributed by atoms with Gasteiger partial charge in [0.1, 0.15) is 11.5 Å². The van der Waals surface area contributed by atoms with Crippen molar-refractivity contribution in [1.29, 1.82) is 0 Å². The third-order valence-corrected chi connectivity index (χ3v) is 5.57. The van der Waals surface area contributed by atoms with E-state index in [0.29, 0.717) is 22.4 Å². The minimum Gasteiger partial charge on any atom is -0.497 e.